The van der Waals surface area contributed by atoms with E-state index in [1.54, 1.807) is 0 Å². The Hall–Kier alpha value is -2.20. The molecule has 1 fully saturated rings. The van der Waals surface area contributed by atoms with Crippen molar-refractivity contribution in [3.05, 3.63) is 28.3 Å². The maximum atomic E-state index is 12.7. The largest absolute Gasteiger partial charge is 0.371 e. The maximum Gasteiger partial charge on any atom is 0.293 e. The highest BCUT2D eigenvalue weighted by Crippen LogP contribution is 2.29. The number of nitro benzene ring substituents is 1. The van der Waals surface area contributed by atoms with Crippen LogP contribution in [0.3, 0.4) is 0 Å². The molecule has 2 rings (SSSR count). The van der Waals surface area contributed by atoms with E-state index in [0.29, 0.717) is 5.92 Å². The molecule has 0 saturated heterocycles. The Morgan fingerprint density at radius 2 is 1.83 bits per heavy atom. The number of rotatable bonds is 7. The second kappa shape index (κ2) is 9.08. The van der Waals surface area contributed by atoms with Crippen molar-refractivity contribution < 1.29 is 18.1 Å². The van der Waals surface area contributed by atoms with Crippen LogP contribution in [0.4, 0.5) is 11.4 Å². The van der Waals surface area contributed by atoms with Crippen molar-refractivity contribution in [2.75, 3.05) is 11.9 Å². The molecule has 29 heavy (non-hydrogen) atoms. The van der Waals surface area contributed by atoms with Crippen LogP contribution in [-0.4, -0.2) is 37.4 Å². The Bertz CT molecular complexity index is 856. The number of nitrogens with one attached hydrogen (secondary N) is 3. The molecule has 1 amide bonds. The molecule has 0 unspecified atom stereocenters. The van der Waals surface area contributed by atoms with Crippen LogP contribution in [0.25, 0.3) is 0 Å². The Labute approximate surface area is 171 Å². The molecule has 162 valence electrons. The van der Waals surface area contributed by atoms with E-state index in [-0.39, 0.29) is 29.1 Å². The van der Waals surface area contributed by atoms with Crippen LogP contribution >= 0.6 is 0 Å². The van der Waals surface area contributed by atoms with E-state index < -0.39 is 26.2 Å². The first kappa shape index (κ1) is 23.1. The highest BCUT2D eigenvalue weighted by molar-refractivity contribution is 7.89. The van der Waals surface area contributed by atoms with Gasteiger partial charge in [0.25, 0.3) is 5.69 Å². The monoisotopic (exact) mass is 426 g/mol. The topological polar surface area (TPSA) is 130 Å². The van der Waals surface area contributed by atoms with Crippen LogP contribution in [0.5, 0.6) is 0 Å². The lowest BCUT2D eigenvalue weighted by atomic mass is 9.88. The summed E-state index contributed by atoms with van der Waals surface area (Å²) in [6, 6.07) is 3.50. The van der Waals surface area contributed by atoms with Crippen LogP contribution in [0.2, 0.25) is 0 Å². The third kappa shape index (κ3) is 6.97. The molecule has 0 aliphatic heterocycles. The van der Waals surface area contributed by atoms with Crippen LogP contribution in [-0.2, 0) is 14.8 Å². The maximum absolute atomic E-state index is 12.7. The fourth-order valence-electron chi connectivity index (χ4n) is 3.28. The van der Waals surface area contributed by atoms with Gasteiger partial charge in [-0.1, -0.05) is 6.92 Å². The average Bonchev–Trinajstić information content (AvgIpc) is 2.60. The molecule has 10 heteroatoms. The Morgan fingerprint density at radius 3 is 2.38 bits per heavy atom. The number of carbonyl (C=O) groups excluding carboxylic acids is 1. The summed E-state index contributed by atoms with van der Waals surface area (Å²) in [5, 5.41) is 16.9. The molecule has 0 heterocycles. The van der Waals surface area contributed by atoms with Gasteiger partial charge in [0.05, 0.1) is 16.4 Å². The Balaban J connectivity index is 2.14. The number of amides is 1. The first-order valence-electron chi connectivity index (χ1n) is 9.73. The molecule has 1 aromatic carbocycles. The van der Waals surface area contributed by atoms with Crippen LogP contribution in [0.15, 0.2) is 23.1 Å². The summed E-state index contributed by atoms with van der Waals surface area (Å²) in [6.45, 7) is 7.46. The fourth-order valence-corrected chi connectivity index (χ4v) is 4.61. The molecule has 1 saturated carbocycles. The standard InChI is InChI=1S/C19H30N4O5S/c1-13-5-7-14(8-6-13)22-29(27,28)15-9-10-16(17(11-15)23(25)26)20-12-18(24)21-19(2,3)4/h9-11,13-14,20,22H,5-8,12H2,1-4H3,(H,21,24). The molecule has 3 N–H and O–H groups in total. The van der Waals surface area contributed by atoms with E-state index in [2.05, 4.69) is 22.3 Å². The van der Waals surface area contributed by atoms with Crippen LogP contribution < -0.4 is 15.4 Å². The molecular formula is C19H30N4O5S. The lowest BCUT2D eigenvalue weighted by molar-refractivity contribution is -0.384. The van der Waals surface area contributed by atoms with Crippen molar-refractivity contribution in [1.29, 1.82) is 0 Å². The predicted octanol–water partition coefficient (Wildman–Crippen LogP) is 2.78. The zero-order valence-electron chi connectivity index (χ0n) is 17.3. The highest BCUT2D eigenvalue weighted by atomic mass is 32.2. The highest BCUT2D eigenvalue weighted by Gasteiger charge is 2.26. The van der Waals surface area contributed by atoms with Gasteiger partial charge in [-0.15, -0.1) is 0 Å². The lowest BCUT2D eigenvalue weighted by Crippen LogP contribution is -2.43. The molecule has 0 bridgehead atoms. The van der Waals surface area contributed by atoms with Gasteiger partial charge in [-0.25, -0.2) is 13.1 Å². The Morgan fingerprint density at radius 1 is 1.21 bits per heavy atom. The van der Waals surface area contributed by atoms with Gasteiger partial charge in [0.15, 0.2) is 0 Å². The summed E-state index contributed by atoms with van der Waals surface area (Å²) < 4.78 is 28.0. The summed E-state index contributed by atoms with van der Waals surface area (Å²) in [4.78, 5) is 22.6. The third-order valence-electron chi connectivity index (χ3n) is 4.77. The van der Waals surface area contributed by atoms with Gasteiger partial charge < -0.3 is 10.6 Å². The minimum absolute atomic E-state index is 0.0875. The third-order valence-corrected chi connectivity index (χ3v) is 6.29. The van der Waals surface area contributed by atoms with Crippen molar-refractivity contribution in [3.63, 3.8) is 0 Å². The van der Waals surface area contributed by atoms with Gasteiger partial charge in [0.1, 0.15) is 5.69 Å². The first-order chi connectivity index (χ1) is 13.4. The molecule has 0 spiro atoms. The minimum Gasteiger partial charge on any atom is -0.371 e. The summed E-state index contributed by atoms with van der Waals surface area (Å²) in [7, 11) is -3.87. The van der Waals surface area contributed by atoms with E-state index in [1.807, 2.05) is 20.8 Å². The van der Waals surface area contributed by atoms with E-state index in [4.69, 9.17) is 0 Å². The molecule has 0 radical (unpaired) electrons. The molecule has 0 aromatic heterocycles. The number of hydrogen-bond donors (Lipinski definition) is 3. The van der Waals surface area contributed by atoms with Crippen molar-refractivity contribution in [2.24, 2.45) is 5.92 Å². The SMILES string of the molecule is CC1CCC(NS(=O)(=O)c2ccc(NCC(=O)NC(C)(C)C)c([N+](=O)[O-])c2)CC1. The van der Waals surface area contributed by atoms with Gasteiger partial charge in [-0.3, -0.25) is 14.9 Å². The van der Waals surface area contributed by atoms with Gasteiger partial charge in [0, 0.05) is 17.6 Å². The second-order valence-corrected chi connectivity index (χ2v) is 10.4. The van der Waals surface area contributed by atoms with E-state index in [1.165, 1.54) is 12.1 Å². The average molecular weight is 427 g/mol. The van der Waals surface area contributed by atoms with E-state index in [0.717, 1.165) is 31.7 Å². The van der Waals surface area contributed by atoms with Gasteiger partial charge in [-0.2, -0.15) is 0 Å². The number of benzene rings is 1. The van der Waals surface area contributed by atoms with Gasteiger partial charge >= 0.3 is 0 Å². The van der Waals surface area contributed by atoms with Crippen molar-refractivity contribution >= 4 is 27.3 Å². The number of hydrogen-bond acceptors (Lipinski definition) is 6. The number of nitro groups is 1. The first-order valence-corrected chi connectivity index (χ1v) is 11.2. The van der Waals surface area contributed by atoms with Gasteiger partial charge in [-0.05, 0) is 64.5 Å². The molecule has 0 atom stereocenters. The fraction of sp³-hybridized carbons (Fsp3) is 0.632. The number of nitrogens with zero attached hydrogens (tertiary/aromatic N) is 1. The van der Waals surface area contributed by atoms with E-state index >= 15 is 0 Å². The molecular weight excluding hydrogens is 396 g/mol. The quantitative estimate of drug-likeness (QED) is 0.454. The lowest BCUT2D eigenvalue weighted by Gasteiger charge is -2.26. The van der Waals surface area contributed by atoms with Crippen molar-refractivity contribution in [1.82, 2.24) is 10.0 Å². The molecule has 9 nitrogen and oxygen atoms in total. The van der Waals surface area contributed by atoms with Crippen LogP contribution in [0.1, 0.15) is 53.4 Å². The summed E-state index contributed by atoms with van der Waals surface area (Å²) in [6.07, 6.45) is 3.41. The summed E-state index contributed by atoms with van der Waals surface area (Å²) >= 11 is 0. The van der Waals surface area contributed by atoms with E-state index in [9.17, 15) is 23.3 Å². The van der Waals surface area contributed by atoms with Crippen LogP contribution in [0, 0.1) is 16.0 Å². The minimum atomic E-state index is -3.87. The second-order valence-electron chi connectivity index (χ2n) is 8.67. The zero-order chi connectivity index (χ0) is 21.8. The number of carbonyl (C=O) groups is 1. The molecule has 1 aliphatic rings. The number of anilines is 1. The van der Waals surface area contributed by atoms with Crippen molar-refractivity contribution in [3.8, 4) is 0 Å². The van der Waals surface area contributed by atoms with Crippen molar-refractivity contribution in [2.45, 2.75) is 69.9 Å². The zero-order valence-corrected chi connectivity index (χ0v) is 18.1. The predicted molar refractivity (Wildman–Crippen MR) is 111 cm³/mol. The molecule has 1 aromatic rings. The summed E-state index contributed by atoms with van der Waals surface area (Å²) in [5.41, 5.74) is -0.733. The normalized spacial score (nSPS) is 20.1. The summed E-state index contributed by atoms with van der Waals surface area (Å²) in [5.74, 6) is 0.259. The van der Waals surface area contributed by atoms with Gasteiger partial charge in [0.2, 0.25) is 15.9 Å². The molecule has 1 aliphatic carbocycles. The Kier molecular flexibility index (Phi) is 7.23. The number of sulfonamides is 1. The smallest absolute Gasteiger partial charge is 0.293 e.